The highest BCUT2D eigenvalue weighted by Crippen LogP contribution is 2.23. The van der Waals surface area contributed by atoms with Crippen LogP contribution in [0, 0.1) is 17.0 Å². The van der Waals surface area contributed by atoms with Gasteiger partial charge in [-0.3, -0.25) is 14.5 Å². The smallest absolute Gasteiger partial charge is 0.305 e. The average Bonchev–Trinajstić information content (AvgIpc) is 2.43. The number of hydrogen-bond donors (Lipinski definition) is 1. The SMILES string of the molecule is CC(C)(C)CN1CCN(Cc2cc(F)cc(F)c2)C(=O)C1CC(=O)O. The van der Waals surface area contributed by atoms with Crippen molar-refractivity contribution < 1.29 is 23.5 Å². The van der Waals surface area contributed by atoms with E-state index in [1.54, 1.807) is 0 Å². The number of benzene rings is 1. The van der Waals surface area contributed by atoms with E-state index in [1.165, 1.54) is 17.0 Å². The molecule has 1 N–H and O–H groups in total. The summed E-state index contributed by atoms with van der Waals surface area (Å²) in [6, 6.07) is 2.39. The number of halogens is 2. The van der Waals surface area contributed by atoms with Crippen LogP contribution < -0.4 is 0 Å². The van der Waals surface area contributed by atoms with Gasteiger partial charge in [-0.15, -0.1) is 0 Å². The van der Waals surface area contributed by atoms with Gasteiger partial charge < -0.3 is 10.0 Å². The summed E-state index contributed by atoms with van der Waals surface area (Å²) in [4.78, 5) is 27.3. The monoisotopic (exact) mass is 354 g/mol. The van der Waals surface area contributed by atoms with E-state index in [9.17, 15) is 18.4 Å². The van der Waals surface area contributed by atoms with Crippen molar-refractivity contribution in [3.63, 3.8) is 0 Å². The van der Waals surface area contributed by atoms with E-state index in [1.807, 2.05) is 25.7 Å². The second-order valence-corrected chi connectivity index (χ2v) is 7.68. The van der Waals surface area contributed by atoms with Crippen LogP contribution in [-0.4, -0.2) is 52.5 Å². The zero-order valence-corrected chi connectivity index (χ0v) is 14.8. The topological polar surface area (TPSA) is 60.9 Å². The summed E-state index contributed by atoms with van der Waals surface area (Å²) in [5, 5.41) is 9.15. The molecule has 1 atom stereocenters. The van der Waals surface area contributed by atoms with Crippen LogP contribution in [0.4, 0.5) is 8.78 Å². The predicted molar refractivity (Wildman–Crippen MR) is 88.8 cm³/mol. The van der Waals surface area contributed by atoms with Gasteiger partial charge in [-0.05, 0) is 23.1 Å². The Kier molecular flexibility index (Phi) is 5.77. The maximum Gasteiger partial charge on any atom is 0.305 e. The van der Waals surface area contributed by atoms with E-state index in [0.29, 0.717) is 25.2 Å². The number of aliphatic carboxylic acids is 1. The number of carbonyl (C=O) groups excluding carboxylic acids is 1. The lowest BCUT2D eigenvalue weighted by Crippen LogP contribution is -2.58. The number of hydrogen-bond acceptors (Lipinski definition) is 3. The lowest BCUT2D eigenvalue weighted by molar-refractivity contribution is -0.150. The van der Waals surface area contributed by atoms with Crippen LogP contribution in [0.25, 0.3) is 0 Å². The molecule has 1 aromatic rings. The van der Waals surface area contributed by atoms with Gasteiger partial charge in [0.1, 0.15) is 11.6 Å². The van der Waals surface area contributed by atoms with Gasteiger partial charge in [-0.2, -0.15) is 0 Å². The van der Waals surface area contributed by atoms with E-state index in [2.05, 4.69) is 0 Å². The predicted octanol–water partition coefficient (Wildman–Crippen LogP) is 2.50. The van der Waals surface area contributed by atoms with E-state index >= 15 is 0 Å². The second-order valence-electron chi connectivity index (χ2n) is 7.68. The third-order valence-corrected chi connectivity index (χ3v) is 4.04. The van der Waals surface area contributed by atoms with Gasteiger partial charge in [-0.25, -0.2) is 8.78 Å². The number of amides is 1. The standard InChI is InChI=1S/C18H24F2N2O3/c1-18(2,3)11-22-5-4-21(17(25)15(22)9-16(23)24)10-12-6-13(19)8-14(20)7-12/h6-8,15H,4-5,9-11H2,1-3H3,(H,23,24). The molecule has 0 aliphatic carbocycles. The highest BCUT2D eigenvalue weighted by atomic mass is 19.1. The van der Waals surface area contributed by atoms with Gasteiger partial charge in [0, 0.05) is 32.2 Å². The lowest BCUT2D eigenvalue weighted by atomic mass is 9.93. The first-order valence-electron chi connectivity index (χ1n) is 8.25. The highest BCUT2D eigenvalue weighted by Gasteiger charge is 2.37. The van der Waals surface area contributed by atoms with Crippen LogP contribution in [0.2, 0.25) is 0 Å². The molecule has 25 heavy (non-hydrogen) atoms. The van der Waals surface area contributed by atoms with Crippen LogP contribution >= 0.6 is 0 Å². The van der Waals surface area contributed by atoms with Crippen molar-refractivity contribution in [1.82, 2.24) is 9.80 Å². The Labute approximate surface area is 146 Å². The summed E-state index contributed by atoms with van der Waals surface area (Å²) in [5.41, 5.74) is 0.273. The molecular formula is C18H24F2N2O3. The summed E-state index contributed by atoms with van der Waals surface area (Å²) < 4.78 is 26.7. The van der Waals surface area contributed by atoms with Crippen LogP contribution in [-0.2, 0) is 16.1 Å². The summed E-state index contributed by atoms with van der Waals surface area (Å²) in [6.45, 7) is 7.65. The Morgan fingerprint density at radius 1 is 1.20 bits per heavy atom. The molecule has 0 aromatic heterocycles. The fourth-order valence-corrected chi connectivity index (χ4v) is 3.14. The van der Waals surface area contributed by atoms with Gasteiger partial charge in [0.05, 0.1) is 12.5 Å². The first-order valence-corrected chi connectivity index (χ1v) is 8.25. The minimum Gasteiger partial charge on any atom is -0.481 e. The van der Waals surface area contributed by atoms with E-state index < -0.39 is 23.6 Å². The van der Waals surface area contributed by atoms with Crippen molar-refractivity contribution >= 4 is 11.9 Å². The largest absolute Gasteiger partial charge is 0.481 e. The minimum absolute atomic E-state index is 0.0625. The molecule has 7 heteroatoms. The van der Waals surface area contributed by atoms with Gasteiger partial charge in [0.2, 0.25) is 5.91 Å². The molecule has 138 valence electrons. The van der Waals surface area contributed by atoms with Gasteiger partial charge in [0.15, 0.2) is 0 Å². The molecule has 0 bridgehead atoms. The fourth-order valence-electron chi connectivity index (χ4n) is 3.14. The molecule has 5 nitrogen and oxygen atoms in total. The van der Waals surface area contributed by atoms with Crippen molar-refractivity contribution in [2.75, 3.05) is 19.6 Å². The molecule has 1 amide bonds. The first kappa shape index (κ1) is 19.3. The number of piperazine rings is 1. The first-order chi connectivity index (χ1) is 11.5. The molecule has 0 spiro atoms. The molecule has 1 fully saturated rings. The third kappa shape index (κ3) is 5.49. The Morgan fingerprint density at radius 3 is 2.32 bits per heavy atom. The quantitative estimate of drug-likeness (QED) is 0.883. The maximum atomic E-state index is 13.3. The molecule has 1 aliphatic heterocycles. The number of nitrogens with zero attached hydrogens (tertiary/aromatic N) is 2. The highest BCUT2D eigenvalue weighted by molar-refractivity contribution is 5.86. The summed E-state index contributed by atoms with van der Waals surface area (Å²) in [5.74, 6) is -2.76. The number of carboxylic acid groups (broad SMARTS) is 1. The molecule has 1 heterocycles. The average molecular weight is 354 g/mol. The number of carboxylic acids is 1. The van der Waals surface area contributed by atoms with Crippen molar-refractivity contribution in [1.29, 1.82) is 0 Å². The Balaban J connectivity index is 2.17. The van der Waals surface area contributed by atoms with Gasteiger partial charge in [0.25, 0.3) is 0 Å². The Morgan fingerprint density at radius 2 is 1.80 bits per heavy atom. The van der Waals surface area contributed by atoms with Crippen molar-refractivity contribution in [2.45, 2.75) is 39.8 Å². The summed E-state index contributed by atoms with van der Waals surface area (Å²) >= 11 is 0. The lowest BCUT2D eigenvalue weighted by Gasteiger charge is -2.42. The minimum atomic E-state index is -1.05. The Hall–Kier alpha value is -2.02. The molecule has 2 rings (SSSR count). The summed E-state index contributed by atoms with van der Waals surface area (Å²) in [7, 11) is 0. The number of rotatable bonds is 5. The molecule has 1 aromatic carbocycles. The van der Waals surface area contributed by atoms with Crippen molar-refractivity contribution in [3.05, 3.63) is 35.4 Å². The second kappa shape index (κ2) is 7.47. The molecule has 1 aliphatic rings. The van der Waals surface area contributed by atoms with E-state index in [-0.39, 0.29) is 24.3 Å². The van der Waals surface area contributed by atoms with Gasteiger partial charge >= 0.3 is 5.97 Å². The molecule has 1 saturated heterocycles. The van der Waals surface area contributed by atoms with Crippen LogP contribution in [0.3, 0.4) is 0 Å². The van der Waals surface area contributed by atoms with Gasteiger partial charge in [-0.1, -0.05) is 20.8 Å². The molecule has 1 unspecified atom stereocenters. The summed E-state index contributed by atoms with van der Waals surface area (Å²) in [6.07, 6.45) is -0.289. The fraction of sp³-hybridized carbons (Fsp3) is 0.556. The van der Waals surface area contributed by atoms with E-state index in [0.717, 1.165) is 6.07 Å². The van der Waals surface area contributed by atoms with Crippen LogP contribution in [0.1, 0.15) is 32.8 Å². The zero-order chi connectivity index (χ0) is 18.8. The normalized spacial score (nSPS) is 19.3. The zero-order valence-electron chi connectivity index (χ0n) is 14.8. The third-order valence-electron chi connectivity index (χ3n) is 4.04. The molecular weight excluding hydrogens is 330 g/mol. The van der Waals surface area contributed by atoms with Crippen LogP contribution in [0.5, 0.6) is 0 Å². The van der Waals surface area contributed by atoms with Crippen LogP contribution in [0.15, 0.2) is 18.2 Å². The van der Waals surface area contributed by atoms with E-state index in [4.69, 9.17) is 5.11 Å². The maximum absolute atomic E-state index is 13.3. The van der Waals surface area contributed by atoms with Crippen molar-refractivity contribution in [2.24, 2.45) is 5.41 Å². The number of carbonyl (C=O) groups is 2. The van der Waals surface area contributed by atoms with Crippen molar-refractivity contribution in [3.8, 4) is 0 Å². The molecule has 0 radical (unpaired) electrons. The Bertz CT molecular complexity index is 638. The molecule has 0 saturated carbocycles.